The first-order valence-electron chi connectivity index (χ1n) is 17.9. The molecule has 0 saturated heterocycles. The van der Waals surface area contributed by atoms with E-state index < -0.39 is 5.41 Å². The minimum absolute atomic E-state index is 0. The molecule has 0 atom stereocenters. The smallest absolute Gasteiger partial charge is 0.0254 e. The second-order valence-electron chi connectivity index (χ2n) is 7.69. The van der Waals surface area contributed by atoms with Gasteiger partial charge in [-0.2, -0.15) is 60.7 Å². The molecule has 0 nitrogen and oxygen atoms in total. The van der Waals surface area contributed by atoms with E-state index >= 15 is 0 Å². The van der Waals surface area contributed by atoms with Crippen LogP contribution >= 0.6 is 0 Å². The maximum Gasteiger partial charge on any atom is 0.0254 e. The standard InChI is InChI=1S/C25H18.C7H8.7C2H6.Y/c1-5-13-21(14-6-1)25(22-15-7-2-8-16-22,23-17-9-3-10-18-23)24-19-11-4-12-20-24;1-7-5-3-2-4-6-7;7*1-2;/h1-17,19H;2-6H,1H3;7*1-2H3;/q-2;;;;;;;;;. The van der Waals surface area contributed by atoms with Crippen LogP contribution in [0.4, 0.5) is 0 Å². The second-order valence-corrected chi connectivity index (χ2v) is 7.69. The average molecular weight is 710 g/mol. The maximum atomic E-state index is 3.48. The zero-order valence-corrected chi connectivity index (χ0v) is 35.7. The maximum absolute atomic E-state index is 3.48. The normalized spacial score (nSPS) is 8.15. The molecule has 0 aromatic heterocycles. The van der Waals surface area contributed by atoms with Crippen molar-refractivity contribution < 1.29 is 32.7 Å². The van der Waals surface area contributed by atoms with E-state index in [0.717, 1.165) is 11.1 Å². The molecule has 1 radical (unpaired) electrons. The Balaban J connectivity index is -0.000000224. The third kappa shape index (κ3) is 19.6. The number of hydrogen-bond donors (Lipinski definition) is 0. The largest absolute Gasteiger partial charge is 0.179 e. The number of rotatable bonds is 4. The van der Waals surface area contributed by atoms with Crippen LogP contribution in [-0.4, -0.2) is 0 Å². The van der Waals surface area contributed by atoms with Gasteiger partial charge in [0.1, 0.15) is 0 Å². The van der Waals surface area contributed by atoms with E-state index in [-0.39, 0.29) is 32.7 Å². The molecule has 5 aromatic rings. The Labute approximate surface area is 319 Å². The van der Waals surface area contributed by atoms with Crippen molar-refractivity contribution in [1.82, 2.24) is 0 Å². The number of benzene rings is 5. The van der Waals surface area contributed by atoms with Crippen molar-refractivity contribution in [3.8, 4) is 0 Å². The van der Waals surface area contributed by atoms with Gasteiger partial charge in [-0.1, -0.05) is 193 Å². The number of hydrogen-bond acceptors (Lipinski definition) is 0. The van der Waals surface area contributed by atoms with Gasteiger partial charge in [-0.15, -0.1) is 11.1 Å². The number of aryl methyl sites for hydroxylation is 1. The monoisotopic (exact) mass is 709 g/mol. The SMILES string of the molecule is CC.CC.CC.CC.CC.CC.CC.Cc1ccccc1.[Y].[c-]1ccccc1C(c1[c-]cccc1)(c1ccccc1)c1ccccc1. The van der Waals surface area contributed by atoms with Crippen molar-refractivity contribution in [2.75, 3.05) is 0 Å². The molecule has 0 saturated carbocycles. The second kappa shape index (κ2) is 41.2. The molecule has 257 valence electrons. The van der Waals surface area contributed by atoms with Gasteiger partial charge in [-0.3, -0.25) is 0 Å². The van der Waals surface area contributed by atoms with Gasteiger partial charge in [0.05, 0.1) is 0 Å². The van der Waals surface area contributed by atoms with Crippen LogP contribution in [0, 0.1) is 19.1 Å². The fourth-order valence-corrected chi connectivity index (χ4v) is 4.10. The summed E-state index contributed by atoms with van der Waals surface area (Å²) in [6.45, 7) is 30.1. The van der Waals surface area contributed by atoms with E-state index in [9.17, 15) is 0 Å². The molecule has 0 aliphatic carbocycles. The van der Waals surface area contributed by atoms with Crippen LogP contribution in [0.3, 0.4) is 0 Å². The molecule has 0 N–H and O–H groups in total. The molecule has 5 rings (SSSR count). The first kappa shape index (κ1) is 53.7. The summed E-state index contributed by atoms with van der Waals surface area (Å²) in [5.74, 6) is 0. The summed E-state index contributed by atoms with van der Waals surface area (Å²) >= 11 is 0. The van der Waals surface area contributed by atoms with Crippen molar-refractivity contribution in [3.05, 3.63) is 179 Å². The van der Waals surface area contributed by atoms with Crippen molar-refractivity contribution in [2.24, 2.45) is 0 Å². The third-order valence-corrected chi connectivity index (χ3v) is 5.58. The zero-order chi connectivity index (χ0) is 36.1. The van der Waals surface area contributed by atoms with Crippen LogP contribution < -0.4 is 0 Å². The van der Waals surface area contributed by atoms with E-state index in [4.69, 9.17) is 0 Å². The van der Waals surface area contributed by atoms with E-state index in [2.05, 4.69) is 116 Å². The van der Waals surface area contributed by atoms with Crippen molar-refractivity contribution in [2.45, 2.75) is 109 Å². The molecule has 0 bridgehead atoms. The predicted octanol–water partition coefficient (Wildman–Crippen LogP) is 14.8. The minimum Gasteiger partial charge on any atom is -0.179 e. The summed E-state index contributed by atoms with van der Waals surface area (Å²) in [5, 5.41) is 0. The molecule has 47 heavy (non-hydrogen) atoms. The first-order chi connectivity index (χ1) is 22.8. The summed E-state index contributed by atoms with van der Waals surface area (Å²) in [5.41, 5.74) is 5.55. The quantitative estimate of drug-likeness (QED) is 0.129. The Bertz CT molecular complexity index is 1020. The van der Waals surface area contributed by atoms with Gasteiger partial charge in [0.2, 0.25) is 0 Å². The first-order valence-corrected chi connectivity index (χ1v) is 17.9. The van der Waals surface area contributed by atoms with Gasteiger partial charge in [0, 0.05) is 38.1 Å². The van der Waals surface area contributed by atoms with Gasteiger partial charge in [-0.25, -0.2) is 0 Å². The van der Waals surface area contributed by atoms with Crippen LogP contribution in [0.15, 0.2) is 140 Å². The van der Waals surface area contributed by atoms with Crippen LogP contribution in [0.25, 0.3) is 0 Å². The van der Waals surface area contributed by atoms with Gasteiger partial charge in [0.25, 0.3) is 0 Å². The fourth-order valence-electron chi connectivity index (χ4n) is 4.10. The molecule has 0 fully saturated rings. The molecule has 0 amide bonds. The predicted molar refractivity (Wildman–Crippen MR) is 213 cm³/mol. The van der Waals surface area contributed by atoms with E-state index in [1.807, 2.05) is 139 Å². The molecule has 0 aliphatic rings. The van der Waals surface area contributed by atoms with Gasteiger partial charge in [0.15, 0.2) is 0 Å². The summed E-state index contributed by atoms with van der Waals surface area (Å²) in [6.07, 6.45) is 0. The Hall–Kier alpha value is -2.80. The van der Waals surface area contributed by atoms with Crippen molar-refractivity contribution in [3.63, 3.8) is 0 Å². The fraction of sp³-hybridized carbons (Fsp3) is 0.348. The van der Waals surface area contributed by atoms with E-state index in [1.165, 1.54) is 16.7 Å². The molecule has 0 heterocycles. The molecular formula is C46H68Y-2. The molecule has 1 heteroatoms. The molecule has 0 aliphatic heterocycles. The molecule has 0 spiro atoms. The summed E-state index contributed by atoms with van der Waals surface area (Å²) in [4.78, 5) is 0. The third-order valence-electron chi connectivity index (χ3n) is 5.58. The minimum atomic E-state index is -0.439. The van der Waals surface area contributed by atoms with Gasteiger partial charge >= 0.3 is 0 Å². The summed E-state index contributed by atoms with van der Waals surface area (Å²) < 4.78 is 0. The van der Waals surface area contributed by atoms with Crippen molar-refractivity contribution in [1.29, 1.82) is 0 Å². The van der Waals surface area contributed by atoms with Crippen LogP contribution in [0.1, 0.15) is 125 Å². The summed E-state index contributed by atoms with van der Waals surface area (Å²) in [7, 11) is 0. The summed E-state index contributed by atoms with van der Waals surface area (Å²) in [6, 6.07) is 54.9. The van der Waals surface area contributed by atoms with Crippen molar-refractivity contribution >= 4 is 0 Å². The topological polar surface area (TPSA) is 0 Å². The van der Waals surface area contributed by atoms with Gasteiger partial charge < -0.3 is 0 Å². The van der Waals surface area contributed by atoms with Crippen LogP contribution in [0.5, 0.6) is 0 Å². The van der Waals surface area contributed by atoms with E-state index in [1.54, 1.807) is 0 Å². The van der Waals surface area contributed by atoms with Gasteiger partial charge in [-0.05, 0) is 18.1 Å². The Morgan fingerprint density at radius 1 is 0.340 bits per heavy atom. The zero-order valence-electron chi connectivity index (χ0n) is 32.9. The Morgan fingerprint density at radius 3 is 0.809 bits per heavy atom. The van der Waals surface area contributed by atoms with E-state index in [0.29, 0.717) is 0 Å². The Kier molecular flexibility index (Phi) is 47.1. The Morgan fingerprint density at radius 2 is 0.596 bits per heavy atom. The molecule has 0 unspecified atom stereocenters. The van der Waals surface area contributed by atoms with Crippen LogP contribution in [0.2, 0.25) is 0 Å². The van der Waals surface area contributed by atoms with Crippen LogP contribution in [-0.2, 0) is 38.1 Å². The molecule has 5 aromatic carbocycles. The average Bonchev–Trinajstić information content (AvgIpc) is 3.20. The molecular weight excluding hydrogens is 641 g/mol.